The van der Waals surface area contributed by atoms with Crippen LogP contribution in [-0.4, -0.2) is 28.3 Å². The molecular formula is C7H8N4. The third-order valence-electron chi connectivity index (χ3n) is 1.56. The van der Waals surface area contributed by atoms with Crippen LogP contribution in [0.5, 0.6) is 0 Å². The van der Waals surface area contributed by atoms with E-state index in [9.17, 15) is 0 Å². The van der Waals surface area contributed by atoms with Crippen molar-refractivity contribution in [1.29, 1.82) is 0 Å². The molecule has 0 N–H and O–H groups in total. The van der Waals surface area contributed by atoms with Crippen LogP contribution in [0.3, 0.4) is 0 Å². The van der Waals surface area contributed by atoms with Crippen LogP contribution in [0.2, 0.25) is 0 Å². The van der Waals surface area contributed by atoms with E-state index in [-0.39, 0.29) is 0 Å². The summed E-state index contributed by atoms with van der Waals surface area (Å²) < 4.78 is 0. The first kappa shape index (κ1) is 6.27. The van der Waals surface area contributed by atoms with Crippen molar-refractivity contribution in [2.24, 2.45) is 4.99 Å². The van der Waals surface area contributed by atoms with E-state index in [1.807, 2.05) is 11.9 Å². The Morgan fingerprint density at radius 1 is 1.55 bits per heavy atom. The van der Waals surface area contributed by atoms with Gasteiger partial charge in [0.2, 0.25) is 0 Å². The predicted molar refractivity (Wildman–Crippen MR) is 41.7 cm³/mol. The van der Waals surface area contributed by atoms with Gasteiger partial charge < -0.3 is 4.90 Å². The van der Waals surface area contributed by atoms with Gasteiger partial charge in [-0.3, -0.25) is 0 Å². The highest BCUT2D eigenvalue weighted by atomic mass is 15.2. The fourth-order valence-corrected chi connectivity index (χ4v) is 1.04. The minimum atomic E-state index is 0.790. The third kappa shape index (κ3) is 1.07. The van der Waals surface area contributed by atoms with E-state index in [1.54, 1.807) is 12.5 Å². The quantitative estimate of drug-likeness (QED) is 0.540. The molecule has 11 heavy (non-hydrogen) atoms. The summed E-state index contributed by atoms with van der Waals surface area (Å²) in [6.45, 7) is 0.847. The lowest BCUT2D eigenvalue weighted by Crippen LogP contribution is -2.18. The van der Waals surface area contributed by atoms with Gasteiger partial charge in [0.15, 0.2) is 5.82 Å². The average Bonchev–Trinajstić information content (AvgIpc) is 2.04. The Labute approximate surface area is 64.6 Å². The predicted octanol–water partition coefficient (Wildman–Crippen LogP) is 0.582. The lowest BCUT2D eigenvalue weighted by molar-refractivity contribution is 0.506. The van der Waals surface area contributed by atoms with Gasteiger partial charge in [0.25, 0.3) is 0 Å². The fourth-order valence-electron chi connectivity index (χ4n) is 1.04. The maximum Gasteiger partial charge on any atom is 0.161 e. The fraction of sp³-hybridized carbons (Fsp3) is 0.286. The van der Waals surface area contributed by atoms with Crippen LogP contribution in [0.25, 0.3) is 0 Å². The SMILES string of the molecule is CN1C=Nc2ncncc2C1. The van der Waals surface area contributed by atoms with Crippen molar-refractivity contribution < 1.29 is 0 Å². The molecule has 0 bridgehead atoms. The molecule has 1 aliphatic rings. The van der Waals surface area contributed by atoms with E-state index in [0.717, 1.165) is 17.9 Å². The van der Waals surface area contributed by atoms with Crippen LogP contribution in [0.15, 0.2) is 17.5 Å². The number of hydrogen-bond donors (Lipinski definition) is 0. The number of rotatable bonds is 0. The van der Waals surface area contributed by atoms with E-state index >= 15 is 0 Å². The minimum Gasteiger partial charge on any atom is -0.361 e. The van der Waals surface area contributed by atoms with E-state index in [0.29, 0.717) is 0 Å². The van der Waals surface area contributed by atoms with E-state index < -0.39 is 0 Å². The maximum atomic E-state index is 4.12. The van der Waals surface area contributed by atoms with E-state index in [2.05, 4.69) is 15.0 Å². The van der Waals surface area contributed by atoms with E-state index in [1.165, 1.54) is 6.33 Å². The molecule has 1 aliphatic heterocycles. The summed E-state index contributed by atoms with van der Waals surface area (Å²) in [5.74, 6) is 0.790. The van der Waals surface area contributed by atoms with Gasteiger partial charge in [-0.25, -0.2) is 15.0 Å². The Morgan fingerprint density at radius 2 is 2.45 bits per heavy atom. The number of aliphatic imine (C=N–C) groups is 1. The lowest BCUT2D eigenvalue weighted by atomic mass is 10.3. The molecule has 0 unspecified atom stereocenters. The molecule has 4 nitrogen and oxygen atoms in total. The first-order chi connectivity index (χ1) is 5.36. The van der Waals surface area contributed by atoms with Crippen LogP contribution in [0.4, 0.5) is 5.82 Å². The molecule has 0 saturated carbocycles. The van der Waals surface area contributed by atoms with Crippen molar-refractivity contribution in [3.63, 3.8) is 0 Å². The Bertz CT molecular complexity index is 294. The molecular weight excluding hydrogens is 140 g/mol. The maximum absolute atomic E-state index is 4.12. The monoisotopic (exact) mass is 148 g/mol. The lowest BCUT2D eigenvalue weighted by Gasteiger charge is -2.17. The zero-order valence-corrected chi connectivity index (χ0v) is 6.23. The normalized spacial score (nSPS) is 14.8. The molecule has 2 heterocycles. The van der Waals surface area contributed by atoms with Crippen molar-refractivity contribution in [2.45, 2.75) is 6.54 Å². The summed E-state index contributed by atoms with van der Waals surface area (Å²) in [4.78, 5) is 14.1. The highest BCUT2D eigenvalue weighted by Gasteiger charge is 2.08. The summed E-state index contributed by atoms with van der Waals surface area (Å²) >= 11 is 0. The Morgan fingerprint density at radius 3 is 3.36 bits per heavy atom. The molecule has 0 fully saturated rings. The van der Waals surface area contributed by atoms with Crippen molar-refractivity contribution >= 4 is 12.2 Å². The number of nitrogens with zero attached hydrogens (tertiary/aromatic N) is 4. The van der Waals surface area contributed by atoms with Crippen molar-refractivity contribution in [3.8, 4) is 0 Å². The first-order valence-electron chi connectivity index (χ1n) is 3.39. The smallest absolute Gasteiger partial charge is 0.161 e. The molecule has 56 valence electrons. The summed E-state index contributed by atoms with van der Waals surface area (Å²) in [5, 5.41) is 0. The highest BCUT2D eigenvalue weighted by molar-refractivity contribution is 5.63. The Hall–Kier alpha value is -1.45. The van der Waals surface area contributed by atoms with Gasteiger partial charge >= 0.3 is 0 Å². The molecule has 0 radical (unpaired) electrons. The first-order valence-corrected chi connectivity index (χ1v) is 3.39. The second-order valence-electron chi connectivity index (χ2n) is 2.53. The van der Waals surface area contributed by atoms with Gasteiger partial charge in [-0.15, -0.1) is 0 Å². The van der Waals surface area contributed by atoms with Gasteiger partial charge in [-0.2, -0.15) is 0 Å². The summed E-state index contributed by atoms with van der Waals surface area (Å²) in [5.41, 5.74) is 1.08. The number of hydrogen-bond acceptors (Lipinski definition) is 4. The van der Waals surface area contributed by atoms with Crippen LogP contribution >= 0.6 is 0 Å². The molecule has 0 amide bonds. The summed E-state index contributed by atoms with van der Waals surface area (Å²) in [6.07, 6.45) is 5.09. The van der Waals surface area contributed by atoms with Crippen molar-refractivity contribution in [1.82, 2.24) is 14.9 Å². The van der Waals surface area contributed by atoms with Crippen LogP contribution in [-0.2, 0) is 6.54 Å². The largest absolute Gasteiger partial charge is 0.361 e. The summed E-state index contributed by atoms with van der Waals surface area (Å²) in [7, 11) is 1.97. The number of fused-ring (bicyclic) bond motifs is 1. The van der Waals surface area contributed by atoms with Gasteiger partial charge in [0.05, 0.1) is 6.34 Å². The zero-order valence-electron chi connectivity index (χ0n) is 6.23. The van der Waals surface area contributed by atoms with Gasteiger partial charge in [-0.05, 0) is 0 Å². The molecule has 1 aromatic rings. The molecule has 0 atom stereocenters. The topological polar surface area (TPSA) is 41.4 Å². The van der Waals surface area contributed by atoms with Crippen LogP contribution in [0.1, 0.15) is 5.56 Å². The highest BCUT2D eigenvalue weighted by Crippen LogP contribution is 2.17. The van der Waals surface area contributed by atoms with Gasteiger partial charge in [0, 0.05) is 25.4 Å². The van der Waals surface area contributed by atoms with Gasteiger partial charge in [-0.1, -0.05) is 0 Å². The van der Waals surface area contributed by atoms with Crippen LogP contribution < -0.4 is 0 Å². The second kappa shape index (κ2) is 2.30. The molecule has 0 saturated heterocycles. The van der Waals surface area contributed by atoms with Crippen molar-refractivity contribution in [2.75, 3.05) is 7.05 Å². The molecule has 0 aromatic carbocycles. The molecule has 1 aromatic heterocycles. The molecule has 0 aliphatic carbocycles. The third-order valence-corrected chi connectivity index (χ3v) is 1.56. The standard InChI is InChI=1S/C7H8N4/c1-11-3-6-2-8-4-9-7(6)10-5-11/h2,4-5H,3H2,1H3. The zero-order chi connectivity index (χ0) is 7.68. The molecule has 4 heteroatoms. The number of aromatic nitrogens is 2. The molecule has 0 spiro atoms. The van der Waals surface area contributed by atoms with E-state index in [4.69, 9.17) is 0 Å². The summed E-state index contributed by atoms with van der Waals surface area (Å²) in [6, 6.07) is 0. The second-order valence-corrected chi connectivity index (χ2v) is 2.53. The van der Waals surface area contributed by atoms with Crippen molar-refractivity contribution in [3.05, 3.63) is 18.1 Å². The van der Waals surface area contributed by atoms with Crippen LogP contribution in [0, 0.1) is 0 Å². The minimum absolute atomic E-state index is 0.790. The Balaban J connectivity index is 2.46. The average molecular weight is 148 g/mol. The Kier molecular flexibility index (Phi) is 1.31. The molecule has 2 rings (SSSR count). The van der Waals surface area contributed by atoms with Gasteiger partial charge in [0.1, 0.15) is 6.33 Å².